The number of allylic oxidation sites excluding steroid dienone is 2. The normalized spacial score (nSPS) is 18.0. The number of carbonyl (C=O) groups is 2. The molecule has 0 saturated heterocycles. The summed E-state index contributed by atoms with van der Waals surface area (Å²) in [6.45, 7) is 10.7. The highest BCUT2D eigenvalue weighted by atomic mass is 19.4. The molecule has 0 saturated carbocycles. The Bertz CT molecular complexity index is 506. The maximum atomic E-state index is 12.5. The minimum atomic E-state index is -5.06. The SMILES string of the molecule is CC(C)(C)C1=CC(OC(=O)C(F)(F)F)C=C(C(C)(C)C)C1=O. The Kier molecular flexibility index (Phi) is 4.66. The topological polar surface area (TPSA) is 43.4 Å². The van der Waals surface area contributed by atoms with Crippen LogP contribution in [-0.4, -0.2) is 24.0 Å². The molecule has 6 heteroatoms. The maximum Gasteiger partial charge on any atom is 0.490 e. The van der Waals surface area contributed by atoms with Crippen LogP contribution in [0.5, 0.6) is 0 Å². The Hall–Kier alpha value is -1.59. The van der Waals surface area contributed by atoms with Gasteiger partial charge in [0.1, 0.15) is 6.10 Å². The smallest absolute Gasteiger partial charge is 0.447 e. The molecule has 1 aliphatic carbocycles. The number of hydrogen-bond acceptors (Lipinski definition) is 3. The zero-order valence-electron chi connectivity index (χ0n) is 13.6. The second kappa shape index (κ2) is 5.56. The van der Waals surface area contributed by atoms with Gasteiger partial charge >= 0.3 is 12.1 Å². The zero-order valence-corrected chi connectivity index (χ0v) is 13.6. The molecule has 0 unspecified atom stereocenters. The molecular weight excluding hydrogens is 297 g/mol. The number of hydrogen-bond donors (Lipinski definition) is 0. The van der Waals surface area contributed by atoms with E-state index in [2.05, 4.69) is 4.74 Å². The molecule has 0 aromatic heterocycles. The third kappa shape index (κ3) is 4.21. The van der Waals surface area contributed by atoms with Gasteiger partial charge in [-0.2, -0.15) is 13.2 Å². The summed E-state index contributed by atoms with van der Waals surface area (Å²) in [5, 5.41) is 0. The predicted octanol–water partition coefficient (Wildman–Crippen LogP) is 3.99. The van der Waals surface area contributed by atoms with Gasteiger partial charge < -0.3 is 4.74 Å². The maximum absolute atomic E-state index is 12.5. The van der Waals surface area contributed by atoms with E-state index in [0.717, 1.165) is 0 Å². The summed E-state index contributed by atoms with van der Waals surface area (Å²) in [4.78, 5) is 23.6. The number of carbonyl (C=O) groups excluding carboxylic acids is 2. The van der Waals surface area contributed by atoms with Crippen molar-refractivity contribution in [1.82, 2.24) is 0 Å². The number of Topliss-reactive ketones (excluding diaryl/α,β-unsaturated/α-hetero) is 1. The molecule has 0 bridgehead atoms. The van der Waals surface area contributed by atoms with Gasteiger partial charge in [0.05, 0.1) is 0 Å². The molecule has 0 N–H and O–H groups in total. The molecule has 1 rings (SSSR count). The number of ether oxygens (including phenoxy) is 1. The average molecular weight is 318 g/mol. The summed E-state index contributed by atoms with van der Waals surface area (Å²) >= 11 is 0. The highest BCUT2D eigenvalue weighted by Crippen LogP contribution is 2.38. The van der Waals surface area contributed by atoms with E-state index in [1.165, 1.54) is 12.2 Å². The van der Waals surface area contributed by atoms with Crippen LogP contribution in [0, 0.1) is 10.8 Å². The molecule has 124 valence electrons. The highest BCUT2D eigenvalue weighted by Gasteiger charge is 2.43. The van der Waals surface area contributed by atoms with E-state index in [1.807, 2.05) is 0 Å². The van der Waals surface area contributed by atoms with E-state index in [0.29, 0.717) is 11.1 Å². The standard InChI is InChI=1S/C16H21F3O3/c1-14(2,3)10-7-9(22-13(21)16(17,18)19)8-11(12(10)20)15(4,5)6/h7-9H,1-6H3. The van der Waals surface area contributed by atoms with Gasteiger partial charge in [0.2, 0.25) is 0 Å². The first-order valence-electron chi connectivity index (χ1n) is 6.91. The van der Waals surface area contributed by atoms with E-state index in [-0.39, 0.29) is 5.78 Å². The van der Waals surface area contributed by atoms with E-state index < -0.39 is 29.1 Å². The second-order valence-electron chi connectivity index (χ2n) is 7.36. The van der Waals surface area contributed by atoms with Gasteiger partial charge in [-0.05, 0) is 23.0 Å². The number of esters is 1. The molecule has 0 aliphatic heterocycles. The van der Waals surface area contributed by atoms with Crippen LogP contribution in [0.25, 0.3) is 0 Å². The van der Waals surface area contributed by atoms with E-state index >= 15 is 0 Å². The number of rotatable bonds is 1. The minimum absolute atomic E-state index is 0.223. The van der Waals surface area contributed by atoms with Crippen LogP contribution in [0.4, 0.5) is 13.2 Å². The summed E-state index contributed by atoms with van der Waals surface area (Å²) < 4.78 is 41.6. The van der Waals surface area contributed by atoms with Gasteiger partial charge in [-0.15, -0.1) is 0 Å². The lowest BCUT2D eigenvalue weighted by Crippen LogP contribution is -2.34. The van der Waals surface area contributed by atoms with Crippen LogP contribution < -0.4 is 0 Å². The molecule has 0 fully saturated rings. The third-order valence-corrected chi connectivity index (χ3v) is 3.24. The van der Waals surface area contributed by atoms with Gasteiger partial charge in [0.15, 0.2) is 5.78 Å². The number of halogens is 3. The molecule has 0 spiro atoms. The lowest BCUT2D eigenvalue weighted by Gasteiger charge is -2.32. The Labute approximate surface area is 128 Å². The molecule has 0 aromatic carbocycles. The third-order valence-electron chi connectivity index (χ3n) is 3.24. The van der Waals surface area contributed by atoms with Gasteiger partial charge in [-0.1, -0.05) is 41.5 Å². The van der Waals surface area contributed by atoms with Crippen LogP contribution in [0.15, 0.2) is 23.3 Å². The van der Waals surface area contributed by atoms with Crippen LogP contribution in [-0.2, 0) is 14.3 Å². The molecule has 0 radical (unpaired) electrons. The van der Waals surface area contributed by atoms with Crippen LogP contribution >= 0.6 is 0 Å². The molecule has 1 aliphatic rings. The first kappa shape index (κ1) is 18.5. The van der Waals surface area contributed by atoms with Crippen molar-refractivity contribution in [1.29, 1.82) is 0 Å². The quantitative estimate of drug-likeness (QED) is 0.687. The average Bonchev–Trinajstić information content (AvgIpc) is 2.26. The first-order valence-corrected chi connectivity index (χ1v) is 6.91. The largest absolute Gasteiger partial charge is 0.490 e. The summed E-state index contributed by atoms with van der Waals surface area (Å²) in [6, 6.07) is 0. The number of ketones is 1. The van der Waals surface area contributed by atoms with Crippen molar-refractivity contribution in [3.8, 4) is 0 Å². The monoisotopic (exact) mass is 318 g/mol. The van der Waals surface area contributed by atoms with E-state index in [9.17, 15) is 22.8 Å². The Morgan fingerprint density at radius 3 is 1.59 bits per heavy atom. The van der Waals surface area contributed by atoms with Crippen molar-refractivity contribution in [2.75, 3.05) is 0 Å². The van der Waals surface area contributed by atoms with Gasteiger partial charge in [-0.3, -0.25) is 4.79 Å². The molecule has 3 nitrogen and oxygen atoms in total. The summed E-state index contributed by atoms with van der Waals surface area (Å²) in [5.41, 5.74) is -0.435. The molecule has 0 aromatic rings. The first-order chi connectivity index (χ1) is 9.64. The van der Waals surface area contributed by atoms with Crippen LogP contribution in [0.1, 0.15) is 41.5 Å². The van der Waals surface area contributed by atoms with Crippen LogP contribution in [0.2, 0.25) is 0 Å². The minimum Gasteiger partial charge on any atom is -0.447 e. The molecule has 22 heavy (non-hydrogen) atoms. The summed E-state index contributed by atoms with van der Waals surface area (Å²) in [7, 11) is 0. The highest BCUT2D eigenvalue weighted by molar-refractivity contribution is 6.10. The predicted molar refractivity (Wildman–Crippen MR) is 76.0 cm³/mol. The Morgan fingerprint density at radius 1 is 0.955 bits per heavy atom. The molecule has 0 atom stereocenters. The molecular formula is C16H21F3O3. The fourth-order valence-electron chi connectivity index (χ4n) is 2.11. The zero-order chi connectivity index (χ0) is 17.5. The van der Waals surface area contributed by atoms with Gasteiger partial charge in [0, 0.05) is 11.1 Å². The Balaban J connectivity index is 3.25. The van der Waals surface area contributed by atoms with Crippen molar-refractivity contribution >= 4 is 11.8 Å². The fourth-order valence-corrected chi connectivity index (χ4v) is 2.11. The molecule has 0 heterocycles. The second-order valence-corrected chi connectivity index (χ2v) is 7.36. The van der Waals surface area contributed by atoms with E-state index in [1.54, 1.807) is 41.5 Å². The van der Waals surface area contributed by atoms with Crippen molar-refractivity contribution in [3.05, 3.63) is 23.3 Å². The summed E-state index contributed by atoms with van der Waals surface area (Å²) in [5.74, 6) is -2.49. The van der Waals surface area contributed by atoms with Crippen molar-refractivity contribution in [2.45, 2.75) is 53.8 Å². The van der Waals surface area contributed by atoms with Gasteiger partial charge in [0.25, 0.3) is 0 Å². The van der Waals surface area contributed by atoms with Crippen molar-refractivity contribution in [3.63, 3.8) is 0 Å². The van der Waals surface area contributed by atoms with Crippen molar-refractivity contribution in [2.24, 2.45) is 10.8 Å². The molecule has 0 amide bonds. The lowest BCUT2D eigenvalue weighted by atomic mass is 9.72. The fraction of sp³-hybridized carbons (Fsp3) is 0.625. The lowest BCUT2D eigenvalue weighted by molar-refractivity contribution is -0.201. The van der Waals surface area contributed by atoms with E-state index in [4.69, 9.17) is 0 Å². The van der Waals surface area contributed by atoms with Crippen LogP contribution in [0.3, 0.4) is 0 Å². The Morgan fingerprint density at radius 2 is 1.32 bits per heavy atom. The number of alkyl halides is 3. The van der Waals surface area contributed by atoms with Crippen molar-refractivity contribution < 1.29 is 27.5 Å². The van der Waals surface area contributed by atoms with Gasteiger partial charge in [-0.25, -0.2) is 4.79 Å². The summed E-state index contributed by atoms with van der Waals surface area (Å²) in [6.07, 6.45) is -3.68.